The maximum absolute atomic E-state index is 13.5. The van der Waals surface area contributed by atoms with Gasteiger partial charge < -0.3 is 0 Å². The summed E-state index contributed by atoms with van der Waals surface area (Å²) in [7, 11) is 1.45. The maximum atomic E-state index is 13.5. The van der Waals surface area contributed by atoms with Crippen molar-refractivity contribution in [1.82, 2.24) is 4.90 Å². The fourth-order valence-electron chi connectivity index (χ4n) is 4.23. The van der Waals surface area contributed by atoms with E-state index in [9.17, 15) is 14.4 Å². The van der Waals surface area contributed by atoms with Crippen molar-refractivity contribution in [3.05, 3.63) is 48.0 Å². The molecule has 164 valence electrons. The van der Waals surface area contributed by atoms with E-state index in [0.29, 0.717) is 31.6 Å². The number of benzene rings is 2. The van der Waals surface area contributed by atoms with E-state index in [1.807, 2.05) is 63.2 Å². The summed E-state index contributed by atoms with van der Waals surface area (Å²) < 4.78 is 3.03. The summed E-state index contributed by atoms with van der Waals surface area (Å²) >= 11 is 0. The number of nitrogens with zero attached hydrogens (tertiary/aromatic N) is 4. The van der Waals surface area contributed by atoms with E-state index < -0.39 is 11.9 Å². The lowest BCUT2D eigenvalue weighted by atomic mass is 9.99. The molecule has 0 fully saturated rings. The van der Waals surface area contributed by atoms with Gasteiger partial charge in [0.2, 0.25) is 5.71 Å². The predicted molar refractivity (Wildman–Crippen MR) is 124 cm³/mol. The molecule has 0 bridgehead atoms. The molecular formula is C25H28N4O3+2. The highest BCUT2D eigenvalue weighted by molar-refractivity contribution is 6.69. The SMILES string of the molecule is CCC[N+]1=C2C(=O)N(C)C(=O)[N+](CC(C)C)=C2N=C(Cc2cccc3ccccc23)C1=O. The molecule has 7 heteroatoms. The van der Waals surface area contributed by atoms with Gasteiger partial charge in [-0.15, -0.1) is 4.58 Å². The summed E-state index contributed by atoms with van der Waals surface area (Å²) in [5, 5.41) is 2.15. The first kappa shape index (κ1) is 21.7. The van der Waals surface area contributed by atoms with Crippen molar-refractivity contribution in [2.24, 2.45) is 10.9 Å². The number of aliphatic imine (C=N–C) groups is 1. The van der Waals surface area contributed by atoms with E-state index in [2.05, 4.69) is 4.99 Å². The highest BCUT2D eigenvalue weighted by Gasteiger charge is 2.53. The molecule has 4 amide bonds. The van der Waals surface area contributed by atoms with Gasteiger partial charge in [0.05, 0.1) is 13.6 Å². The van der Waals surface area contributed by atoms with Crippen molar-refractivity contribution < 1.29 is 23.5 Å². The van der Waals surface area contributed by atoms with Gasteiger partial charge in [0, 0.05) is 12.8 Å². The number of carbonyl (C=O) groups is 3. The Labute approximate surface area is 187 Å². The van der Waals surface area contributed by atoms with Crippen molar-refractivity contribution in [1.29, 1.82) is 0 Å². The highest BCUT2D eigenvalue weighted by atomic mass is 16.2. The van der Waals surface area contributed by atoms with E-state index in [0.717, 1.165) is 21.2 Å². The van der Waals surface area contributed by atoms with Gasteiger partial charge in [0.1, 0.15) is 0 Å². The summed E-state index contributed by atoms with van der Waals surface area (Å²) in [6.07, 6.45) is 1.00. The lowest BCUT2D eigenvalue weighted by molar-refractivity contribution is -0.460. The number of hydrogen-bond acceptors (Lipinski definition) is 4. The number of hydrogen-bond donors (Lipinski definition) is 0. The Morgan fingerprint density at radius 2 is 1.72 bits per heavy atom. The summed E-state index contributed by atoms with van der Waals surface area (Å²) in [5.41, 5.74) is 1.52. The minimum absolute atomic E-state index is 0.170. The molecule has 7 nitrogen and oxygen atoms in total. The lowest BCUT2D eigenvalue weighted by Gasteiger charge is -2.22. The van der Waals surface area contributed by atoms with E-state index >= 15 is 0 Å². The molecular weight excluding hydrogens is 404 g/mol. The zero-order valence-electron chi connectivity index (χ0n) is 19.0. The van der Waals surface area contributed by atoms with Crippen LogP contribution < -0.4 is 0 Å². The second-order valence-corrected chi connectivity index (χ2v) is 8.65. The Morgan fingerprint density at radius 3 is 2.44 bits per heavy atom. The smallest absolute Gasteiger partial charge is 0.243 e. The molecule has 0 aliphatic carbocycles. The average molecular weight is 433 g/mol. The van der Waals surface area contributed by atoms with Crippen LogP contribution in [-0.2, 0) is 16.0 Å². The fraction of sp³-hybridized carbons (Fsp3) is 0.360. The largest absolute Gasteiger partial charge is 0.451 e. The first-order valence-corrected chi connectivity index (χ1v) is 11.0. The minimum atomic E-state index is -0.486. The van der Waals surface area contributed by atoms with Crippen molar-refractivity contribution in [3.63, 3.8) is 0 Å². The van der Waals surface area contributed by atoms with Crippen molar-refractivity contribution in [2.75, 3.05) is 20.1 Å². The molecule has 0 spiro atoms. The molecule has 0 N–H and O–H groups in total. The van der Waals surface area contributed by atoms with Crippen LogP contribution in [0.2, 0.25) is 0 Å². The van der Waals surface area contributed by atoms with Crippen LogP contribution in [0, 0.1) is 5.92 Å². The van der Waals surface area contributed by atoms with Crippen molar-refractivity contribution >= 4 is 45.9 Å². The molecule has 4 rings (SSSR count). The van der Waals surface area contributed by atoms with Gasteiger partial charge in [-0.25, -0.2) is 14.4 Å². The quantitative estimate of drug-likeness (QED) is 0.659. The fourth-order valence-corrected chi connectivity index (χ4v) is 4.23. The molecule has 2 aromatic carbocycles. The van der Waals surface area contributed by atoms with Crippen LogP contribution in [0.25, 0.3) is 10.8 Å². The van der Waals surface area contributed by atoms with Gasteiger partial charge in [-0.3, -0.25) is 0 Å². The van der Waals surface area contributed by atoms with Crippen LogP contribution in [0.4, 0.5) is 4.79 Å². The second kappa shape index (κ2) is 8.57. The highest BCUT2D eigenvalue weighted by Crippen LogP contribution is 2.21. The van der Waals surface area contributed by atoms with Gasteiger partial charge in [-0.1, -0.05) is 68.2 Å². The summed E-state index contributed by atoms with van der Waals surface area (Å²) in [5.74, 6) is -0.308. The normalized spacial score (nSPS) is 17.0. The topological polar surface area (TPSA) is 72.8 Å². The minimum Gasteiger partial charge on any atom is -0.243 e. The number of urea groups is 1. The number of carbonyl (C=O) groups excluding carboxylic acids is 3. The Morgan fingerprint density at radius 1 is 1.00 bits per heavy atom. The molecule has 0 saturated heterocycles. The molecule has 0 aromatic heterocycles. The third kappa shape index (κ3) is 3.68. The van der Waals surface area contributed by atoms with E-state index in [1.54, 1.807) is 0 Å². The van der Waals surface area contributed by atoms with Crippen LogP contribution in [0.5, 0.6) is 0 Å². The number of fused-ring (bicyclic) bond motifs is 2. The van der Waals surface area contributed by atoms with E-state index in [1.165, 1.54) is 16.2 Å². The number of imide groups is 1. The second-order valence-electron chi connectivity index (χ2n) is 8.65. The Bertz CT molecular complexity index is 1230. The molecule has 2 aromatic rings. The first-order valence-electron chi connectivity index (χ1n) is 11.0. The number of amides is 4. The Balaban J connectivity index is 1.90. The van der Waals surface area contributed by atoms with Crippen LogP contribution in [0.3, 0.4) is 0 Å². The van der Waals surface area contributed by atoms with E-state index in [-0.39, 0.29) is 23.4 Å². The maximum Gasteiger partial charge on any atom is 0.451 e. The standard InChI is InChI=1S/C25H28N4O3/c1-5-13-28-21-22(29(15-16(2)3)25(32)27(4)24(21)31)26-20(23(28)30)14-18-11-8-10-17-9-6-7-12-19(17)18/h6-12,16H,5,13-15H2,1-4H3/q+2. The van der Waals surface area contributed by atoms with Crippen LogP contribution in [0.1, 0.15) is 32.8 Å². The Hall–Kier alpha value is -3.48. The lowest BCUT2D eigenvalue weighted by Crippen LogP contribution is -2.59. The molecule has 0 unspecified atom stereocenters. The third-order valence-electron chi connectivity index (χ3n) is 5.73. The van der Waals surface area contributed by atoms with Gasteiger partial charge in [-0.05, 0) is 22.3 Å². The summed E-state index contributed by atoms with van der Waals surface area (Å²) in [6.45, 7) is 6.76. The summed E-state index contributed by atoms with van der Waals surface area (Å²) in [4.78, 5) is 45.1. The summed E-state index contributed by atoms with van der Waals surface area (Å²) in [6, 6.07) is 13.6. The van der Waals surface area contributed by atoms with Gasteiger partial charge >= 0.3 is 29.4 Å². The zero-order chi connectivity index (χ0) is 23.0. The molecule has 2 heterocycles. The van der Waals surface area contributed by atoms with E-state index in [4.69, 9.17) is 0 Å². The van der Waals surface area contributed by atoms with Gasteiger partial charge in [-0.2, -0.15) is 9.48 Å². The van der Waals surface area contributed by atoms with Gasteiger partial charge in [0.25, 0.3) is 0 Å². The molecule has 0 saturated carbocycles. The predicted octanol–water partition coefficient (Wildman–Crippen LogP) is 2.89. The number of amidine groups is 1. The van der Waals surface area contributed by atoms with Crippen molar-refractivity contribution in [3.8, 4) is 0 Å². The number of rotatable bonds is 6. The third-order valence-corrected chi connectivity index (χ3v) is 5.73. The molecule has 0 radical (unpaired) electrons. The molecule has 32 heavy (non-hydrogen) atoms. The molecule has 2 aliphatic rings. The van der Waals surface area contributed by atoms with Crippen LogP contribution >= 0.6 is 0 Å². The first-order chi connectivity index (χ1) is 15.3. The van der Waals surface area contributed by atoms with Crippen LogP contribution in [-0.4, -0.2) is 69.3 Å². The van der Waals surface area contributed by atoms with Gasteiger partial charge in [0.15, 0.2) is 6.54 Å². The monoisotopic (exact) mass is 432 g/mol. The zero-order valence-corrected chi connectivity index (χ0v) is 19.0. The molecule has 2 aliphatic heterocycles. The Kier molecular flexibility index (Phi) is 5.82. The average Bonchev–Trinajstić information content (AvgIpc) is 2.78. The molecule has 0 atom stereocenters. The van der Waals surface area contributed by atoms with Crippen LogP contribution in [0.15, 0.2) is 47.5 Å². The van der Waals surface area contributed by atoms with Crippen molar-refractivity contribution in [2.45, 2.75) is 33.6 Å².